The second kappa shape index (κ2) is 16.8. The number of allylic oxidation sites excluding steroid dienone is 10. The first-order valence-electron chi connectivity index (χ1n) is 8.28. The second-order valence-corrected chi connectivity index (χ2v) is 6.13. The van der Waals surface area contributed by atoms with Crippen molar-refractivity contribution in [2.75, 3.05) is 0 Å². The largest absolute Gasteiger partial charge is 0.0683 e. The van der Waals surface area contributed by atoms with Gasteiger partial charge in [-0.1, -0.05) is 27.7 Å². The van der Waals surface area contributed by atoms with Crippen molar-refractivity contribution >= 4 is 25.6 Å². The molecule has 0 saturated carbocycles. The molecule has 126 valence electrons. The molecule has 0 spiro atoms. The van der Waals surface area contributed by atoms with Gasteiger partial charge in [0.25, 0.3) is 0 Å². The average Bonchev–Trinajstić information content (AvgIpc) is 3.10. The molecule has 0 saturated heterocycles. The monoisotopic (exact) mass is 376 g/mol. The molecule has 0 N–H and O–H groups in total. The van der Waals surface area contributed by atoms with Gasteiger partial charge in [0.2, 0.25) is 0 Å². The van der Waals surface area contributed by atoms with Crippen LogP contribution in [0.3, 0.4) is 0 Å². The van der Waals surface area contributed by atoms with E-state index in [1.165, 1.54) is 20.0 Å². The van der Waals surface area contributed by atoms with E-state index >= 15 is 0 Å². The summed E-state index contributed by atoms with van der Waals surface area (Å²) in [4.78, 5) is 0. The Hall–Kier alpha value is -1.56. The smallest absolute Gasteiger partial charge is 0.0683 e. The van der Waals surface area contributed by atoms with Gasteiger partial charge in [-0.2, -0.15) is 0 Å². The third kappa shape index (κ3) is 9.23. The van der Waals surface area contributed by atoms with E-state index in [9.17, 15) is 0 Å². The molecule has 1 aromatic rings. The standard InChI is InChI=1S/C18H20Se.2C2H6/c1-5-9-11-15(7-3)17-13-14-18(19-17)16(8-4)12-10-6-2;2*1-2/h5-14H,1,4H2,2-3H3;2*1-2H3/b10-6-,11-9-,15-7+,16-12+;;. The van der Waals surface area contributed by atoms with E-state index in [4.69, 9.17) is 0 Å². The summed E-state index contributed by atoms with van der Waals surface area (Å²) in [7, 11) is 0. The zero-order chi connectivity index (χ0) is 18.1. The molecule has 1 aromatic heterocycles. The molecule has 0 radical (unpaired) electrons. The van der Waals surface area contributed by atoms with E-state index in [-0.39, 0.29) is 0 Å². The minimum absolute atomic E-state index is 0.342. The summed E-state index contributed by atoms with van der Waals surface area (Å²) in [6.07, 6.45) is 16.2. The van der Waals surface area contributed by atoms with Gasteiger partial charge in [-0.15, -0.1) is 0 Å². The second-order valence-electron chi connectivity index (χ2n) is 3.85. The normalized spacial score (nSPS) is 11.6. The fraction of sp³-hybridized carbons (Fsp3) is 0.273. The van der Waals surface area contributed by atoms with E-state index in [1.54, 1.807) is 0 Å². The number of rotatable bonds is 6. The molecule has 1 rings (SSSR count). The molecular weight excluding hydrogens is 343 g/mol. The van der Waals surface area contributed by atoms with E-state index in [2.05, 4.69) is 56.5 Å². The van der Waals surface area contributed by atoms with Crippen molar-refractivity contribution in [1.82, 2.24) is 0 Å². The Morgan fingerprint density at radius 3 is 1.91 bits per heavy atom. The Morgan fingerprint density at radius 1 is 0.913 bits per heavy atom. The molecule has 1 heterocycles. The predicted molar refractivity (Wildman–Crippen MR) is 112 cm³/mol. The zero-order valence-corrected chi connectivity index (χ0v) is 17.3. The molecule has 0 bridgehead atoms. The first kappa shape index (κ1) is 23.7. The molecule has 0 amide bonds. The Morgan fingerprint density at radius 2 is 1.48 bits per heavy atom. The van der Waals surface area contributed by atoms with Gasteiger partial charge in [0, 0.05) is 0 Å². The van der Waals surface area contributed by atoms with E-state index in [1.807, 2.05) is 58.9 Å². The summed E-state index contributed by atoms with van der Waals surface area (Å²) in [6.45, 7) is 19.7. The Labute approximate surface area is 150 Å². The van der Waals surface area contributed by atoms with Crippen molar-refractivity contribution in [3.8, 4) is 0 Å². The topological polar surface area (TPSA) is 0 Å². The molecule has 0 atom stereocenters. The summed E-state index contributed by atoms with van der Waals surface area (Å²) in [6, 6.07) is 4.42. The van der Waals surface area contributed by atoms with Crippen LogP contribution in [0.5, 0.6) is 0 Å². The molecule has 0 nitrogen and oxygen atoms in total. The Balaban J connectivity index is 0. The summed E-state index contributed by atoms with van der Waals surface area (Å²) in [5, 5.41) is 0. The Bertz CT molecular complexity index is 548. The molecule has 0 fully saturated rings. The van der Waals surface area contributed by atoms with Crippen molar-refractivity contribution in [1.29, 1.82) is 0 Å². The fourth-order valence-corrected chi connectivity index (χ4v) is 3.86. The molecule has 0 aliphatic heterocycles. The van der Waals surface area contributed by atoms with Crippen LogP contribution in [0.4, 0.5) is 0 Å². The van der Waals surface area contributed by atoms with Crippen molar-refractivity contribution in [2.45, 2.75) is 41.5 Å². The van der Waals surface area contributed by atoms with Gasteiger partial charge in [0.15, 0.2) is 0 Å². The van der Waals surface area contributed by atoms with E-state index < -0.39 is 0 Å². The van der Waals surface area contributed by atoms with Crippen LogP contribution in [-0.4, -0.2) is 14.5 Å². The zero-order valence-electron chi connectivity index (χ0n) is 15.6. The van der Waals surface area contributed by atoms with Crippen molar-refractivity contribution in [3.63, 3.8) is 0 Å². The van der Waals surface area contributed by atoms with Crippen LogP contribution in [0, 0.1) is 0 Å². The maximum absolute atomic E-state index is 3.90. The molecule has 23 heavy (non-hydrogen) atoms. The summed E-state index contributed by atoms with van der Waals surface area (Å²) in [5.74, 6) is 0. The fourth-order valence-electron chi connectivity index (χ4n) is 1.59. The van der Waals surface area contributed by atoms with Crippen LogP contribution in [0.25, 0.3) is 11.1 Å². The van der Waals surface area contributed by atoms with Gasteiger partial charge in [0.05, 0.1) is 0 Å². The molecule has 0 unspecified atom stereocenters. The summed E-state index contributed by atoms with van der Waals surface area (Å²) in [5.41, 5.74) is 2.49. The Kier molecular flexibility index (Phi) is 17.3. The van der Waals surface area contributed by atoms with Crippen LogP contribution in [0.2, 0.25) is 0 Å². The van der Waals surface area contributed by atoms with Crippen molar-refractivity contribution in [2.24, 2.45) is 0 Å². The average molecular weight is 375 g/mol. The molecule has 1 heteroatoms. The number of hydrogen-bond donors (Lipinski definition) is 0. The minimum Gasteiger partial charge on any atom is -0.0683 e. The van der Waals surface area contributed by atoms with Crippen molar-refractivity contribution < 1.29 is 0 Å². The quantitative estimate of drug-likeness (QED) is 0.368. The van der Waals surface area contributed by atoms with Gasteiger partial charge < -0.3 is 0 Å². The first-order valence-corrected chi connectivity index (χ1v) is 9.99. The molecular formula is C22H32Se. The van der Waals surface area contributed by atoms with Gasteiger partial charge in [-0.05, 0) is 0 Å². The summed E-state index contributed by atoms with van der Waals surface area (Å²) >= 11 is 0.342. The van der Waals surface area contributed by atoms with Gasteiger partial charge in [-0.3, -0.25) is 0 Å². The molecule has 0 aliphatic rings. The summed E-state index contributed by atoms with van der Waals surface area (Å²) < 4.78 is 2.78. The van der Waals surface area contributed by atoms with Crippen LogP contribution in [-0.2, 0) is 0 Å². The van der Waals surface area contributed by atoms with Crippen LogP contribution in [0.1, 0.15) is 50.4 Å². The predicted octanol–water partition coefficient (Wildman–Crippen LogP) is 7.09. The third-order valence-electron chi connectivity index (χ3n) is 2.59. The maximum Gasteiger partial charge on any atom is -0.0683 e. The van der Waals surface area contributed by atoms with Gasteiger partial charge in [-0.25, -0.2) is 0 Å². The van der Waals surface area contributed by atoms with Crippen LogP contribution in [0.15, 0.2) is 73.9 Å². The minimum atomic E-state index is 0.342. The van der Waals surface area contributed by atoms with Crippen LogP contribution >= 0.6 is 0 Å². The van der Waals surface area contributed by atoms with Crippen molar-refractivity contribution in [3.05, 3.63) is 82.8 Å². The third-order valence-corrected chi connectivity index (χ3v) is 5.07. The first-order chi connectivity index (χ1) is 11.3. The molecule has 0 aliphatic carbocycles. The van der Waals surface area contributed by atoms with Crippen LogP contribution < -0.4 is 0 Å². The van der Waals surface area contributed by atoms with E-state index in [0.29, 0.717) is 14.5 Å². The van der Waals surface area contributed by atoms with E-state index in [0.717, 1.165) is 0 Å². The van der Waals surface area contributed by atoms with Gasteiger partial charge in [0.1, 0.15) is 0 Å². The molecule has 0 aromatic carbocycles. The van der Waals surface area contributed by atoms with Gasteiger partial charge >= 0.3 is 122 Å². The SMILES string of the molecule is C=C/C=C\C(=C/C)c1ccc(/C(C=C)=C/C=C\C)[se]1.CC.CC. The number of hydrogen-bond acceptors (Lipinski definition) is 0. The maximum atomic E-state index is 3.90.